The number of hydrogen-bond donors (Lipinski definition) is 1. The lowest BCUT2D eigenvalue weighted by molar-refractivity contribution is -0.148. The van der Waals surface area contributed by atoms with E-state index in [0.717, 1.165) is 5.56 Å². The number of hydrogen-bond acceptors (Lipinski definition) is 6. The highest BCUT2D eigenvalue weighted by Crippen LogP contribution is 2.31. The van der Waals surface area contributed by atoms with Crippen molar-refractivity contribution in [2.24, 2.45) is 0 Å². The van der Waals surface area contributed by atoms with Crippen LogP contribution in [0, 0.1) is 0 Å². The molecule has 1 aliphatic carbocycles. The van der Waals surface area contributed by atoms with Gasteiger partial charge in [0.25, 0.3) is 0 Å². The van der Waals surface area contributed by atoms with Crippen molar-refractivity contribution in [3.05, 3.63) is 47.5 Å². The number of rotatable bonds is 6. The summed E-state index contributed by atoms with van der Waals surface area (Å²) in [4.78, 5) is 36.2. The molecule has 0 bridgehead atoms. The number of carbonyl (C=O) groups is 3. The Balaban J connectivity index is 2.00. The molecule has 0 aromatic heterocycles. The van der Waals surface area contributed by atoms with Crippen LogP contribution in [-0.4, -0.2) is 37.3 Å². The average Bonchev–Trinajstić information content (AvgIpc) is 3.06. The van der Waals surface area contributed by atoms with E-state index < -0.39 is 23.6 Å². The molecule has 1 atom stereocenters. The lowest BCUT2D eigenvalue weighted by Crippen LogP contribution is -2.53. The lowest BCUT2D eigenvalue weighted by atomic mass is 9.95. The molecule has 0 radical (unpaired) electrons. The van der Waals surface area contributed by atoms with Crippen LogP contribution in [0.15, 0.2) is 42.0 Å². The first-order chi connectivity index (χ1) is 12.0. The van der Waals surface area contributed by atoms with Crippen LogP contribution in [0.4, 0.5) is 4.79 Å². The maximum Gasteiger partial charge on any atom is 0.408 e. The van der Waals surface area contributed by atoms with Crippen molar-refractivity contribution in [2.45, 2.75) is 31.9 Å². The second-order valence-corrected chi connectivity index (χ2v) is 5.59. The van der Waals surface area contributed by atoms with E-state index in [0.29, 0.717) is 5.57 Å². The smallest absolute Gasteiger partial charge is 0.408 e. The van der Waals surface area contributed by atoms with Gasteiger partial charge in [-0.1, -0.05) is 36.4 Å². The third kappa shape index (κ3) is 4.59. The average molecular weight is 347 g/mol. The van der Waals surface area contributed by atoms with Crippen molar-refractivity contribution in [3.63, 3.8) is 0 Å². The summed E-state index contributed by atoms with van der Waals surface area (Å²) in [6, 6.07) is 9.16. The third-order valence-corrected chi connectivity index (χ3v) is 3.86. The van der Waals surface area contributed by atoms with E-state index in [9.17, 15) is 14.4 Å². The molecular formula is C18H21NO6. The summed E-state index contributed by atoms with van der Waals surface area (Å²) in [5.74, 6) is -1.15. The zero-order valence-electron chi connectivity index (χ0n) is 14.2. The highest BCUT2D eigenvalue weighted by molar-refractivity contribution is 5.94. The number of ether oxygens (including phenoxy) is 3. The van der Waals surface area contributed by atoms with Gasteiger partial charge in [0.1, 0.15) is 12.1 Å². The molecule has 0 heterocycles. The molecule has 1 aromatic rings. The zero-order valence-corrected chi connectivity index (χ0v) is 14.2. The van der Waals surface area contributed by atoms with Gasteiger partial charge in [-0.15, -0.1) is 0 Å². The van der Waals surface area contributed by atoms with Crippen LogP contribution >= 0.6 is 0 Å². The molecule has 25 heavy (non-hydrogen) atoms. The fourth-order valence-corrected chi connectivity index (χ4v) is 2.60. The highest BCUT2D eigenvalue weighted by Gasteiger charge is 2.46. The van der Waals surface area contributed by atoms with Crippen molar-refractivity contribution in [1.29, 1.82) is 0 Å². The van der Waals surface area contributed by atoms with Crippen LogP contribution in [0.25, 0.3) is 0 Å². The summed E-state index contributed by atoms with van der Waals surface area (Å²) in [5.41, 5.74) is -0.206. The van der Waals surface area contributed by atoms with Gasteiger partial charge in [0.05, 0.1) is 13.7 Å². The van der Waals surface area contributed by atoms with Gasteiger partial charge in [0, 0.05) is 18.4 Å². The minimum atomic E-state index is -1.36. The van der Waals surface area contributed by atoms with Gasteiger partial charge in [0.15, 0.2) is 0 Å². The van der Waals surface area contributed by atoms with Crippen LogP contribution < -0.4 is 5.32 Å². The quantitative estimate of drug-likeness (QED) is 0.626. The summed E-state index contributed by atoms with van der Waals surface area (Å²) in [6.07, 6.45) is 0.951. The van der Waals surface area contributed by atoms with Gasteiger partial charge in [-0.3, -0.25) is 0 Å². The van der Waals surface area contributed by atoms with E-state index in [-0.39, 0.29) is 26.1 Å². The molecule has 0 spiro atoms. The van der Waals surface area contributed by atoms with E-state index in [4.69, 9.17) is 14.2 Å². The fraction of sp³-hybridized carbons (Fsp3) is 0.389. The van der Waals surface area contributed by atoms with Crippen LogP contribution in [-0.2, 0) is 30.4 Å². The van der Waals surface area contributed by atoms with Gasteiger partial charge in [0.2, 0.25) is 0 Å². The second-order valence-electron chi connectivity index (χ2n) is 5.59. The number of alkyl carbamates (subject to hydrolysis) is 1. The first-order valence-corrected chi connectivity index (χ1v) is 7.94. The van der Waals surface area contributed by atoms with E-state index >= 15 is 0 Å². The third-order valence-electron chi connectivity index (χ3n) is 3.86. The number of nitrogens with one attached hydrogen (secondary N) is 1. The largest absolute Gasteiger partial charge is 0.467 e. The number of benzene rings is 1. The molecule has 2 rings (SSSR count). The summed E-state index contributed by atoms with van der Waals surface area (Å²) < 4.78 is 14.9. The minimum absolute atomic E-state index is 0.00105. The normalized spacial score (nSPS) is 18.9. The molecule has 7 nitrogen and oxygen atoms in total. The molecule has 134 valence electrons. The molecular weight excluding hydrogens is 326 g/mol. The van der Waals surface area contributed by atoms with Gasteiger partial charge >= 0.3 is 18.0 Å². The topological polar surface area (TPSA) is 90.9 Å². The Labute approximate surface area is 145 Å². The highest BCUT2D eigenvalue weighted by atomic mass is 16.6. The predicted octanol–water partition coefficient (Wildman–Crippen LogP) is 2.11. The molecule has 1 aliphatic rings. The summed E-state index contributed by atoms with van der Waals surface area (Å²) in [7, 11) is 1.23. The van der Waals surface area contributed by atoms with Crippen LogP contribution in [0.1, 0.15) is 25.3 Å². The fourth-order valence-electron chi connectivity index (χ4n) is 2.60. The van der Waals surface area contributed by atoms with E-state index in [1.807, 2.05) is 30.3 Å². The summed E-state index contributed by atoms with van der Waals surface area (Å²) in [5, 5.41) is 2.54. The maximum atomic E-state index is 12.2. The summed E-state index contributed by atoms with van der Waals surface area (Å²) >= 11 is 0. The zero-order chi connectivity index (χ0) is 18.3. The SMILES string of the molecule is CCOC(=O)C1=CCC(NC(=O)OCc2ccccc2)(C(=O)OC)C1. The van der Waals surface area contributed by atoms with Crippen LogP contribution in [0.2, 0.25) is 0 Å². The Morgan fingerprint density at radius 2 is 1.88 bits per heavy atom. The molecule has 1 aromatic carbocycles. The van der Waals surface area contributed by atoms with E-state index in [2.05, 4.69) is 5.32 Å². The Kier molecular flexibility index (Phi) is 6.16. The Hall–Kier alpha value is -2.83. The first kappa shape index (κ1) is 18.5. The number of amides is 1. The second kappa shape index (κ2) is 8.32. The minimum Gasteiger partial charge on any atom is -0.467 e. The van der Waals surface area contributed by atoms with E-state index in [1.165, 1.54) is 7.11 Å². The molecule has 1 N–H and O–H groups in total. The Bertz CT molecular complexity index is 669. The van der Waals surface area contributed by atoms with Crippen molar-refractivity contribution in [1.82, 2.24) is 5.32 Å². The number of esters is 2. The van der Waals surface area contributed by atoms with Crippen molar-refractivity contribution in [3.8, 4) is 0 Å². The van der Waals surface area contributed by atoms with Gasteiger partial charge in [-0.25, -0.2) is 14.4 Å². The van der Waals surface area contributed by atoms with Crippen LogP contribution in [0.5, 0.6) is 0 Å². The predicted molar refractivity (Wildman–Crippen MR) is 88.5 cm³/mol. The van der Waals surface area contributed by atoms with E-state index in [1.54, 1.807) is 13.0 Å². The molecule has 1 amide bonds. The standard InChI is InChI=1S/C18H21NO6/c1-3-24-15(20)14-9-10-18(11-14,16(21)23-2)19-17(22)25-12-13-7-5-4-6-8-13/h4-9H,3,10-12H2,1-2H3,(H,19,22). The lowest BCUT2D eigenvalue weighted by Gasteiger charge is -2.27. The number of carbonyl (C=O) groups excluding carboxylic acids is 3. The molecule has 0 saturated heterocycles. The Morgan fingerprint density at radius 3 is 2.52 bits per heavy atom. The maximum absolute atomic E-state index is 12.2. The molecule has 7 heteroatoms. The van der Waals surface area contributed by atoms with Gasteiger partial charge < -0.3 is 19.5 Å². The van der Waals surface area contributed by atoms with Crippen LogP contribution in [0.3, 0.4) is 0 Å². The molecule has 0 saturated carbocycles. The van der Waals surface area contributed by atoms with Crippen molar-refractivity contribution < 1.29 is 28.6 Å². The monoisotopic (exact) mass is 347 g/mol. The van der Waals surface area contributed by atoms with Gasteiger partial charge in [-0.2, -0.15) is 0 Å². The van der Waals surface area contributed by atoms with Crippen molar-refractivity contribution in [2.75, 3.05) is 13.7 Å². The molecule has 0 aliphatic heterocycles. The number of methoxy groups -OCH3 is 1. The van der Waals surface area contributed by atoms with Gasteiger partial charge in [-0.05, 0) is 12.5 Å². The first-order valence-electron chi connectivity index (χ1n) is 7.94. The molecule has 0 fully saturated rings. The van der Waals surface area contributed by atoms with Crippen molar-refractivity contribution >= 4 is 18.0 Å². The Morgan fingerprint density at radius 1 is 1.16 bits per heavy atom. The summed E-state index contributed by atoms with van der Waals surface area (Å²) in [6.45, 7) is 2.00. The molecule has 1 unspecified atom stereocenters.